The Bertz CT molecular complexity index is 532. The van der Waals surface area contributed by atoms with E-state index in [9.17, 15) is 5.11 Å². The molecular weight excluding hydrogens is 256 g/mol. The lowest BCUT2D eigenvalue weighted by molar-refractivity contribution is 0.0565. The molecule has 0 radical (unpaired) electrons. The van der Waals surface area contributed by atoms with E-state index < -0.39 is 6.10 Å². The minimum absolute atomic E-state index is 0.213. The largest absolute Gasteiger partial charge is 0.485 e. The molecule has 0 aliphatic rings. The quantitative estimate of drug-likeness (QED) is 0.909. The van der Waals surface area contributed by atoms with Gasteiger partial charge in [-0.2, -0.15) is 4.98 Å². The fourth-order valence-corrected chi connectivity index (χ4v) is 1.57. The Morgan fingerprint density at radius 3 is 2.60 bits per heavy atom. The zero-order valence-electron chi connectivity index (χ0n) is 12.0. The van der Waals surface area contributed by atoms with Gasteiger partial charge in [0.15, 0.2) is 6.61 Å². The number of aliphatic hydroxyl groups excluding tert-OH is 1. The molecule has 2 rings (SSSR count). The van der Waals surface area contributed by atoms with E-state index in [-0.39, 0.29) is 12.0 Å². The highest BCUT2D eigenvalue weighted by Crippen LogP contribution is 2.21. The van der Waals surface area contributed by atoms with Crippen LogP contribution in [0.5, 0.6) is 5.75 Å². The molecule has 2 aromatic rings. The van der Waals surface area contributed by atoms with Crippen molar-refractivity contribution in [2.24, 2.45) is 5.41 Å². The van der Waals surface area contributed by atoms with E-state index in [4.69, 9.17) is 9.26 Å². The molecule has 1 unspecified atom stereocenters. The Kier molecular flexibility index (Phi) is 4.39. The third-order valence-corrected chi connectivity index (χ3v) is 2.99. The van der Waals surface area contributed by atoms with Gasteiger partial charge < -0.3 is 14.4 Å². The van der Waals surface area contributed by atoms with Gasteiger partial charge in [0.1, 0.15) is 5.75 Å². The lowest BCUT2D eigenvalue weighted by Crippen LogP contribution is -2.28. The molecule has 108 valence electrons. The van der Waals surface area contributed by atoms with Gasteiger partial charge >= 0.3 is 0 Å². The lowest BCUT2D eigenvalue weighted by Gasteiger charge is -2.24. The van der Waals surface area contributed by atoms with Crippen molar-refractivity contribution in [1.82, 2.24) is 10.1 Å². The topological polar surface area (TPSA) is 68.4 Å². The van der Waals surface area contributed by atoms with Gasteiger partial charge in [-0.15, -0.1) is 0 Å². The molecule has 0 saturated carbocycles. The summed E-state index contributed by atoms with van der Waals surface area (Å²) in [5, 5.41) is 13.8. The molecule has 20 heavy (non-hydrogen) atoms. The minimum atomic E-state index is -0.522. The van der Waals surface area contributed by atoms with E-state index >= 15 is 0 Å². The monoisotopic (exact) mass is 276 g/mol. The molecule has 0 amide bonds. The lowest BCUT2D eigenvalue weighted by atomic mass is 9.87. The molecule has 1 aromatic carbocycles. The zero-order valence-corrected chi connectivity index (χ0v) is 12.0. The van der Waals surface area contributed by atoms with Gasteiger partial charge in [0.05, 0.1) is 12.5 Å². The number of benzene rings is 1. The number of hydrogen-bond acceptors (Lipinski definition) is 5. The number of hydrogen-bond donors (Lipinski definition) is 1. The molecular formula is C15H20N2O3. The average Bonchev–Trinajstić information content (AvgIpc) is 2.84. The van der Waals surface area contributed by atoms with Gasteiger partial charge in [-0.3, -0.25) is 0 Å². The summed E-state index contributed by atoms with van der Waals surface area (Å²) in [6, 6.07) is 9.45. The molecule has 0 aliphatic carbocycles. The highest BCUT2D eigenvalue weighted by atomic mass is 16.5. The number of ether oxygens (including phenoxy) is 1. The van der Waals surface area contributed by atoms with E-state index in [2.05, 4.69) is 10.1 Å². The van der Waals surface area contributed by atoms with E-state index in [1.165, 1.54) is 0 Å². The molecule has 5 heteroatoms. The van der Waals surface area contributed by atoms with Gasteiger partial charge in [-0.05, 0) is 17.5 Å². The summed E-state index contributed by atoms with van der Waals surface area (Å²) < 4.78 is 10.6. The van der Waals surface area contributed by atoms with Crippen LogP contribution in [0.15, 0.2) is 34.9 Å². The smallest absolute Gasteiger partial charge is 0.229 e. The molecule has 1 heterocycles. The van der Waals surface area contributed by atoms with Crippen LogP contribution < -0.4 is 4.74 Å². The third kappa shape index (κ3) is 4.06. The fourth-order valence-electron chi connectivity index (χ4n) is 1.57. The summed E-state index contributed by atoms with van der Waals surface area (Å²) in [6.07, 6.45) is -0.173. The van der Waals surface area contributed by atoms with Crippen LogP contribution in [-0.4, -0.2) is 21.4 Å². The van der Waals surface area contributed by atoms with Crippen molar-refractivity contribution in [1.29, 1.82) is 0 Å². The summed E-state index contributed by atoms with van der Waals surface area (Å²) in [4.78, 5) is 4.22. The van der Waals surface area contributed by atoms with Crippen LogP contribution in [-0.2, 0) is 13.0 Å². The van der Waals surface area contributed by atoms with Crippen LogP contribution in [0.2, 0.25) is 0 Å². The average molecular weight is 276 g/mol. The minimum Gasteiger partial charge on any atom is -0.485 e. The molecule has 5 nitrogen and oxygen atoms in total. The van der Waals surface area contributed by atoms with Gasteiger partial charge in [-0.1, -0.05) is 44.1 Å². The first kappa shape index (κ1) is 14.5. The van der Waals surface area contributed by atoms with Crippen LogP contribution >= 0.6 is 0 Å². The first-order chi connectivity index (χ1) is 9.45. The maximum atomic E-state index is 10.00. The SMILES string of the molecule is CC(C)(C)C(O)Cc1nc(COc2ccccc2)no1. The van der Waals surface area contributed by atoms with Crippen molar-refractivity contribution >= 4 is 0 Å². The molecule has 0 fully saturated rings. The van der Waals surface area contributed by atoms with Crippen molar-refractivity contribution in [2.45, 2.75) is 39.9 Å². The van der Waals surface area contributed by atoms with Gasteiger partial charge in [0.25, 0.3) is 0 Å². The number of rotatable bonds is 5. The molecule has 1 atom stereocenters. The normalized spacial score (nSPS) is 13.2. The van der Waals surface area contributed by atoms with Crippen LogP contribution in [0.1, 0.15) is 32.5 Å². The van der Waals surface area contributed by atoms with Gasteiger partial charge in [-0.25, -0.2) is 0 Å². The van der Waals surface area contributed by atoms with Crippen molar-refractivity contribution < 1.29 is 14.4 Å². The molecule has 0 aliphatic heterocycles. The Balaban J connectivity index is 1.89. The Labute approximate surface area is 118 Å². The van der Waals surface area contributed by atoms with Crippen molar-refractivity contribution in [3.05, 3.63) is 42.0 Å². The summed E-state index contributed by atoms with van der Waals surface area (Å²) in [7, 11) is 0. The summed E-state index contributed by atoms with van der Waals surface area (Å²) in [5.74, 6) is 1.66. The molecule has 0 saturated heterocycles. The number of aliphatic hydroxyl groups is 1. The van der Waals surface area contributed by atoms with Crippen molar-refractivity contribution in [3.63, 3.8) is 0 Å². The molecule has 0 spiro atoms. The van der Waals surface area contributed by atoms with Crippen LogP contribution in [0.4, 0.5) is 0 Å². The second-order valence-electron chi connectivity index (χ2n) is 5.79. The van der Waals surface area contributed by atoms with Crippen LogP contribution in [0.3, 0.4) is 0 Å². The fraction of sp³-hybridized carbons (Fsp3) is 0.467. The summed E-state index contributed by atoms with van der Waals surface area (Å²) in [5.41, 5.74) is -0.213. The summed E-state index contributed by atoms with van der Waals surface area (Å²) in [6.45, 7) is 6.15. The van der Waals surface area contributed by atoms with Crippen LogP contribution in [0, 0.1) is 5.41 Å². The van der Waals surface area contributed by atoms with E-state index in [0.717, 1.165) is 5.75 Å². The van der Waals surface area contributed by atoms with E-state index in [0.29, 0.717) is 18.1 Å². The molecule has 1 N–H and O–H groups in total. The highest BCUT2D eigenvalue weighted by Gasteiger charge is 2.24. The van der Waals surface area contributed by atoms with Crippen LogP contribution in [0.25, 0.3) is 0 Å². The first-order valence-electron chi connectivity index (χ1n) is 6.62. The summed E-state index contributed by atoms with van der Waals surface area (Å²) >= 11 is 0. The van der Waals surface area contributed by atoms with Gasteiger partial charge in [0.2, 0.25) is 11.7 Å². The standard InChI is InChI=1S/C15H20N2O3/c1-15(2,3)12(18)9-14-16-13(17-20-14)10-19-11-7-5-4-6-8-11/h4-8,12,18H,9-10H2,1-3H3. The highest BCUT2D eigenvalue weighted by molar-refractivity contribution is 5.20. The predicted molar refractivity (Wildman–Crippen MR) is 74.2 cm³/mol. The maximum absolute atomic E-state index is 10.00. The zero-order chi connectivity index (χ0) is 14.6. The number of para-hydroxylation sites is 1. The van der Waals surface area contributed by atoms with Gasteiger partial charge in [0, 0.05) is 0 Å². The molecule has 0 bridgehead atoms. The van der Waals surface area contributed by atoms with E-state index in [1.54, 1.807) is 0 Å². The predicted octanol–water partition coefficient (Wildman–Crippen LogP) is 2.60. The Hall–Kier alpha value is -1.88. The van der Waals surface area contributed by atoms with Crippen molar-refractivity contribution in [2.75, 3.05) is 0 Å². The van der Waals surface area contributed by atoms with E-state index in [1.807, 2.05) is 51.1 Å². The maximum Gasteiger partial charge on any atom is 0.229 e. The van der Waals surface area contributed by atoms with Crippen molar-refractivity contribution in [3.8, 4) is 5.75 Å². The number of aromatic nitrogens is 2. The second kappa shape index (κ2) is 6.05. The second-order valence-corrected chi connectivity index (χ2v) is 5.79. The molecule has 1 aromatic heterocycles. The first-order valence-corrected chi connectivity index (χ1v) is 6.62. The Morgan fingerprint density at radius 2 is 1.95 bits per heavy atom. The number of nitrogens with zero attached hydrogens (tertiary/aromatic N) is 2. The third-order valence-electron chi connectivity index (χ3n) is 2.99. The Morgan fingerprint density at radius 1 is 1.25 bits per heavy atom.